The molecular weight excluding hydrogens is 384 g/mol. The highest BCUT2D eigenvalue weighted by Gasteiger charge is 2.11. The number of oxazole rings is 1. The molecule has 29 heavy (non-hydrogen) atoms. The van der Waals surface area contributed by atoms with Gasteiger partial charge in [0.1, 0.15) is 0 Å². The Bertz CT molecular complexity index is 1160. The molecule has 2 aromatic carbocycles. The van der Waals surface area contributed by atoms with E-state index >= 15 is 0 Å². The zero-order chi connectivity index (χ0) is 20.4. The second kappa shape index (κ2) is 7.81. The molecule has 0 saturated carbocycles. The molecule has 0 aliphatic carbocycles. The number of rotatable bonds is 3. The first-order valence-corrected chi connectivity index (χ1v) is 9.41. The molecule has 0 aliphatic heterocycles. The summed E-state index contributed by atoms with van der Waals surface area (Å²) in [5.74, 6) is 0.251. The van der Waals surface area contributed by atoms with Crippen molar-refractivity contribution in [3.05, 3.63) is 77.5 Å². The van der Waals surface area contributed by atoms with Gasteiger partial charge in [-0.05, 0) is 74.6 Å². The Hall–Kier alpha value is -3.58. The van der Waals surface area contributed by atoms with Crippen molar-refractivity contribution in [3.63, 3.8) is 0 Å². The normalized spacial score (nSPS) is 10.7. The summed E-state index contributed by atoms with van der Waals surface area (Å²) in [7, 11) is 0. The Kier molecular flexibility index (Phi) is 5.05. The summed E-state index contributed by atoms with van der Waals surface area (Å²) in [6, 6.07) is 16.7. The van der Waals surface area contributed by atoms with Crippen molar-refractivity contribution in [3.8, 4) is 11.5 Å². The van der Waals surface area contributed by atoms with Gasteiger partial charge >= 0.3 is 0 Å². The summed E-state index contributed by atoms with van der Waals surface area (Å²) < 4.78 is 5.72. The van der Waals surface area contributed by atoms with Crippen LogP contribution in [0.5, 0.6) is 0 Å². The van der Waals surface area contributed by atoms with Gasteiger partial charge in [0.25, 0.3) is 5.91 Å². The summed E-state index contributed by atoms with van der Waals surface area (Å²) in [6.07, 6.45) is 1.68. The van der Waals surface area contributed by atoms with E-state index in [9.17, 15) is 4.79 Å². The van der Waals surface area contributed by atoms with E-state index in [2.05, 4.69) is 20.6 Å². The quantitative estimate of drug-likeness (QED) is 0.486. The molecule has 2 aromatic heterocycles. The summed E-state index contributed by atoms with van der Waals surface area (Å²) in [5.41, 5.74) is 5.40. The van der Waals surface area contributed by atoms with Crippen molar-refractivity contribution in [1.29, 1.82) is 0 Å². The second-order valence-electron chi connectivity index (χ2n) is 6.71. The van der Waals surface area contributed by atoms with Gasteiger partial charge in [-0.3, -0.25) is 10.1 Å². The average Bonchev–Trinajstić information content (AvgIpc) is 3.12. The minimum atomic E-state index is -0.245. The number of pyridine rings is 1. The summed E-state index contributed by atoms with van der Waals surface area (Å²) in [4.78, 5) is 21.0. The van der Waals surface area contributed by atoms with Gasteiger partial charge in [-0.1, -0.05) is 17.2 Å². The molecule has 0 aliphatic rings. The smallest absolute Gasteiger partial charge is 0.257 e. The standard InChI is InChI=1S/C22H18N4O2S/c1-13-10-14(2)12-16(11-13)20(27)26-22(29)24-17-7-5-15(6-8-17)21-25-19-18(28-21)4-3-9-23-19/h3-12H,1-2H3,(H2,24,26,27,29). The van der Waals surface area contributed by atoms with E-state index < -0.39 is 0 Å². The van der Waals surface area contributed by atoms with Crippen LogP contribution in [0.15, 0.2) is 65.2 Å². The van der Waals surface area contributed by atoms with Crippen molar-refractivity contribution in [1.82, 2.24) is 15.3 Å². The number of nitrogens with one attached hydrogen (secondary N) is 2. The van der Waals surface area contributed by atoms with E-state index in [1.165, 1.54) is 0 Å². The van der Waals surface area contributed by atoms with Crippen LogP contribution in [-0.4, -0.2) is 21.0 Å². The number of carbonyl (C=O) groups is 1. The van der Waals surface area contributed by atoms with E-state index in [1.54, 1.807) is 12.3 Å². The fraction of sp³-hybridized carbons (Fsp3) is 0.0909. The van der Waals surface area contributed by atoms with Crippen LogP contribution >= 0.6 is 12.2 Å². The van der Waals surface area contributed by atoms with Crippen LogP contribution in [0.4, 0.5) is 5.69 Å². The molecule has 0 radical (unpaired) electrons. The minimum Gasteiger partial charge on any atom is -0.434 e. The Balaban J connectivity index is 1.42. The number of carbonyl (C=O) groups excluding carboxylic acids is 1. The van der Waals surface area contributed by atoms with Crippen LogP contribution in [0.1, 0.15) is 21.5 Å². The SMILES string of the molecule is Cc1cc(C)cc(C(=O)NC(=S)Nc2ccc(-c3nc4ncccc4o3)cc2)c1. The highest BCUT2D eigenvalue weighted by molar-refractivity contribution is 7.80. The maximum absolute atomic E-state index is 12.4. The lowest BCUT2D eigenvalue weighted by Crippen LogP contribution is -2.34. The minimum absolute atomic E-state index is 0.230. The largest absolute Gasteiger partial charge is 0.434 e. The summed E-state index contributed by atoms with van der Waals surface area (Å²) in [6.45, 7) is 3.91. The van der Waals surface area contributed by atoms with Crippen LogP contribution in [0, 0.1) is 13.8 Å². The molecule has 1 amide bonds. The predicted molar refractivity (Wildman–Crippen MR) is 117 cm³/mol. The third kappa shape index (κ3) is 4.30. The Morgan fingerprint density at radius 2 is 1.76 bits per heavy atom. The lowest BCUT2D eigenvalue weighted by Gasteiger charge is -2.10. The first-order chi connectivity index (χ1) is 14.0. The molecule has 0 atom stereocenters. The van der Waals surface area contributed by atoms with Gasteiger partial charge in [0, 0.05) is 23.0 Å². The van der Waals surface area contributed by atoms with Gasteiger partial charge < -0.3 is 9.73 Å². The number of hydrogen-bond acceptors (Lipinski definition) is 5. The van der Waals surface area contributed by atoms with Gasteiger partial charge in [-0.25, -0.2) is 4.98 Å². The summed E-state index contributed by atoms with van der Waals surface area (Å²) >= 11 is 5.27. The number of nitrogens with zero attached hydrogens (tertiary/aromatic N) is 2. The second-order valence-corrected chi connectivity index (χ2v) is 7.11. The first kappa shape index (κ1) is 18.8. The zero-order valence-corrected chi connectivity index (χ0v) is 16.7. The predicted octanol–water partition coefficient (Wildman–Crippen LogP) is 4.63. The van der Waals surface area contributed by atoms with Crippen LogP contribution in [0.3, 0.4) is 0 Å². The molecule has 0 saturated heterocycles. The molecular formula is C22H18N4O2S. The van der Waals surface area contributed by atoms with Crippen molar-refractivity contribution < 1.29 is 9.21 Å². The van der Waals surface area contributed by atoms with E-state index in [1.807, 2.05) is 62.4 Å². The van der Waals surface area contributed by atoms with E-state index in [4.69, 9.17) is 16.6 Å². The van der Waals surface area contributed by atoms with Crippen molar-refractivity contribution in [2.45, 2.75) is 13.8 Å². The zero-order valence-electron chi connectivity index (χ0n) is 15.9. The van der Waals surface area contributed by atoms with Gasteiger partial charge in [-0.2, -0.15) is 4.98 Å². The maximum Gasteiger partial charge on any atom is 0.257 e. The first-order valence-electron chi connectivity index (χ1n) is 9.00. The van der Waals surface area contributed by atoms with Crippen molar-refractivity contribution >= 4 is 40.2 Å². The van der Waals surface area contributed by atoms with E-state index in [0.29, 0.717) is 22.7 Å². The third-order valence-corrected chi connectivity index (χ3v) is 4.47. The molecule has 4 rings (SSSR count). The molecule has 7 heteroatoms. The lowest BCUT2D eigenvalue weighted by atomic mass is 10.1. The Labute approximate surface area is 173 Å². The van der Waals surface area contributed by atoms with Crippen molar-refractivity contribution in [2.75, 3.05) is 5.32 Å². The number of fused-ring (bicyclic) bond motifs is 1. The van der Waals surface area contributed by atoms with E-state index in [0.717, 1.165) is 22.4 Å². The van der Waals surface area contributed by atoms with Gasteiger partial charge in [0.15, 0.2) is 16.3 Å². The lowest BCUT2D eigenvalue weighted by molar-refractivity contribution is 0.0977. The van der Waals surface area contributed by atoms with Crippen LogP contribution in [0.2, 0.25) is 0 Å². The average molecular weight is 402 g/mol. The molecule has 4 aromatic rings. The van der Waals surface area contributed by atoms with Crippen LogP contribution in [-0.2, 0) is 0 Å². The fourth-order valence-corrected chi connectivity index (χ4v) is 3.24. The third-order valence-electron chi connectivity index (χ3n) is 4.27. The Morgan fingerprint density at radius 3 is 2.45 bits per heavy atom. The van der Waals surface area contributed by atoms with Crippen molar-refractivity contribution in [2.24, 2.45) is 0 Å². The number of aromatic nitrogens is 2. The topological polar surface area (TPSA) is 80.0 Å². The molecule has 0 fully saturated rings. The van der Waals surface area contributed by atoms with Crippen LogP contribution in [0.25, 0.3) is 22.7 Å². The molecule has 0 unspecified atom stereocenters. The molecule has 0 bridgehead atoms. The van der Waals surface area contributed by atoms with Gasteiger partial charge in [0.05, 0.1) is 0 Å². The highest BCUT2D eigenvalue weighted by Crippen LogP contribution is 2.24. The maximum atomic E-state index is 12.4. The number of benzene rings is 2. The highest BCUT2D eigenvalue weighted by atomic mass is 32.1. The number of hydrogen-bond donors (Lipinski definition) is 2. The number of anilines is 1. The Morgan fingerprint density at radius 1 is 1.03 bits per heavy atom. The molecule has 2 N–H and O–H groups in total. The molecule has 0 spiro atoms. The number of aryl methyl sites for hydroxylation is 2. The number of amides is 1. The monoisotopic (exact) mass is 402 g/mol. The molecule has 6 nitrogen and oxygen atoms in total. The van der Waals surface area contributed by atoms with Gasteiger partial charge in [0.2, 0.25) is 5.89 Å². The number of thiocarbonyl (C=S) groups is 1. The van der Waals surface area contributed by atoms with E-state index in [-0.39, 0.29) is 11.0 Å². The van der Waals surface area contributed by atoms with Gasteiger partial charge in [-0.15, -0.1) is 0 Å². The van der Waals surface area contributed by atoms with Crippen LogP contribution < -0.4 is 10.6 Å². The molecule has 2 heterocycles. The summed E-state index contributed by atoms with van der Waals surface area (Å²) in [5, 5.41) is 5.95. The molecule has 144 valence electrons. The fourth-order valence-electron chi connectivity index (χ4n) is 3.03.